The maximum Gasteiger partial charge on any atom is 0.407 e. The molecule has 0 radical (unpaired) electrons. The fourth-order valence-electron chi connectivity index (χ4n) is 4.04. The third kappa shape index (κ3) is 5.66. The molecule has 3 unspecified atom stereocenters. The number of carbonyl (C=O) groups excluding carboxylic acids is 1. The quantitative estimate of drug-likeness (QED) is 0.819. The Morgan fingerprint density at radius 1 is 1.09 bits per heavy atom. The van der Waals surface area contributed by atoms with Crippen LogP contribution in [-0.2, 0) is 4.74 Å². The molecular formula is C19H36N2O2. The van der Waals surface area contributed by atoms with E-state index in [0.29, 0.717) is 12.1 Å². The van der Waals surface area contributed by atoms with E-state index in [1.54, 1.807) is 0 Å². The van der Waals surface area contributed by atoms with Crippen LogP contribution in [0.15, 0.2) is 0 Å². The van der Waals surface area contributed by atoms with Crippen molar-refractivity contribution in [3.8, 4) is 0 Å². The topological polar surface area (TPSA) is 50.4 Å². The van der Waals surface area contributed by atoms with Gasteiger partial charge in [0.15, 0.2) is 0 Å². The van der Waals surface area contributed by atoms with Gasteiger partial charge in [0.2, 0.25) is 0 Å². The van der Waals surface area contributed by atoms with Crippen LogP contribution < -0.4 is 10.6 Å². The van der Waals surface area contributed by atoms with Gasteiger partial charge < -0.3 is 15.4 Å². The van der Waals surface area contributed by atoms with Crippen LogP contribution in [0.2, 0.25) is 0 Å². The molecule has 4 heteroatoms. The molecule has 0 aliphatic heterocycles. The zero-order valence-corrected chi connectivity index (χ0v) is 15.8. The molecule has 0 saturated heterocycles. The Morgan fingerprint density at radius 3 is 2.30 bits per heavy atom. The maximum atomic E-state index is 11.8. The van der Waals surface area contributed by atoms with E-state index in [-0.39, 0.29) is 12.1 Å². The van der Waals surface area contributed by atoms with Gasteiger partial charge in [-0.15, -0.1) is 0 Å². The molecule has 0 aromatic heterocycles. The summed E-state index contributed by atoms with van der Waals surface area (Å²) in [6, 6.07) is 1.46. The molecule has 23 heavy (non-hydrogen) atoms. The second-order valence-corrected chi connectivity index (χ2v) is 9.11. The summed E-state index contributed by atoms with van der Waals surface area (Å²) in [5, 5.41) is 6.86. The highest BCUT2D eigenvalue weighted by Gasteiger charge is 2.37. The third-order valence-corrected chi connectivity index (χ3v) is 5.33. The highest BCUT2D eigenvalue weighted by molar-refractivity contribution is 5.68. The third-order valence-electron chi connectivity index (χ3n) is 5.33. The van der Waals surface area contributed by atoms with Crippen LogP contribution >= 0.6 is 0 Å². The van der Waals surface area contributed by atoms with Gasteiger partial charge in [-0.05, 0) is 64.2 Å². The Hall–Kier alpha value is -0.770. The second-order valence-electron chi connectivity index (χ2n) is 9.11. The van der Waals surface area contributed by atoms with Crippen molar-refractivity contribution in [3.63, 3.8) is 0 Å². The number of hydrogen-bond acceptors (Lipinski definition) is 3. The Kier molecular flexibility index (Phi) is 5.99. The zero-order valence-electron chi connectivity index (χ0n) is 15.8. The molecule has 0 spiro atoms. The van der Waals surface area contributed by atoms with E-state index in [2.05, 4.69) is 31.4 Å². The summed E-state index contributed by atoms with van der Waals surface area (Å²) in [4.78, 5) is 11.8. The van der Waals surface area contributed by atoms with Gasteiger partial charge in [0.25, 0.3) is 0 Å². The van der Waals surface area contributed by atoms with Crippen molar-refractivity contribution in [2.45, 2.75) is 97.4 Å². The molecule has 0 aromatic rings. The standard InChI is InChI=1S/C19H36N2O2/c1-12(2)16-8-7-13(3)9-17(16)20-14-10-15(11-14)21-18(22)23-19(4,5)6/h12-17,20H,7-11H2,1-6H3,(H,21,22). The minimum absolute atomic E-state index is 0.265. The number of carbonyl (C=O) groups is 1. The largest absolute Gasteiger partial charge is 0.444 e. The van der Waals surface area contributed by atoms with Crippen LogP contribution in [0.4, 0.5) is 4.79 Å². The molecule has 2 saturated carbocycles. The van der Waals surface area contributed by atoms with Crippen molar-refractivity contribution in [1.82, 2.24) is 10.6 Å². The first kappa shape index (κ1) is 18.6. The second kappa shape index (κ2) is 7.42. The van der Waals surface area contributed by atoms with Crippen LogP contribution in [-0.4, -0.2) is 29.8 Å². The molecule has 0 heterocycles. The summed E-state index contributed by atoms with van der Waals surface area (Å²) in [5.41, 5.74) is -0.422. The molecule has 134 valence electrons. The first-order valence-corrected chi connectivity index (χ1v) is 9.39. The van der Waals surface area contributed by atoms with Crippen molar-refractivity contribution in [2.75, 3.05) is 0 Å². The van der Waals surface area contributed by atoms with Gasteiger partial charge in [-0.2, -0.15) is 0 Å². The summed E-state index contributed by atoms with van der Waals surface area (Å²) in [6.45, 7) is 12.8. The summed E-state index contributed by atoms with van der Waals surface area (Å²) >= 11 is 0. The Bertz CT molecular complexity index is 397. The SMILES string of the molecule is CC1CCC(C(C)C)C(NC2CC(NC(=O)OC(C)(C)C)C2)C1. The molecule has 2 N–H and O–H groups in total. The van der Waals surface area contributed by atoms with Gasteiger partial charge in [0.05, 0.1) is 0 Å². The monoisotopic (exact) mass is 324 g/mol. The van der Waals surface area contributed by atoms with E-state index in [9.17, 15) is 4.79 Å². The fourth-order valence-corrected chi connectivity index (χ4v) is 4.04. The number of hydrogen-bond donors (Lipinski definition) is 2. The first-order chi connectivity index (χ1) is 10.6. The summed E-state index contributed by atoms with van der Waals surface area (Å²) in [5.74, 6) is 2.37. The van der Waals surface area contributed by atoms with Crippen LogP contribution in [0, 0.1) is 17.8 Å². The lowest BCUT2D eigenvalue weighted by atomic mass is 9.73. The number of alkyl carbamates (subject to hydrolysis) is 1. The first-order valence-electron chi connectivity index (χ1n) is 9.39. The molecule has 2 fully saturated rings. The van der Waals surface area contributed by atoms with E-state index in [1.165, 1.54) is 19.3 Å². The lowest BCUT2D eigenvalue weighted by Gasteiger charge is -2.44. The van der Waals surface area contributed by atoms with Crippen molar-refractivity contribution >= 4 is 6.09 Å². The zero-order chi connectivity index (χ0) is 17.2. The molecule has 3 atom stereocenters. The van der Waals surface area contributed by atoms with Gasteiger partial charge in [-0.1, -0.05) is 27.2 Å². The van der Waals surface area contributed by atoms with E-state index in [4.69, 9.17) is 4.74 Å². The Balaban J connectivity index is 1.73. The maximum absolute atomic E-state index is 11.8. The molecule has 2 rings (SSSR count). The van der Waals surface area contributed by atoms with Crippen molar-refractivity contribution < 1.29 is 9.53 Å². The lowest BCUT2D eigenvalue weighted by molar-refractivity contribution is 0.0453. The number of amides is 1. The molecule has 2 aliphatic rings. The summed E-state index contributed by atoms with van der Waals surface area (Å²) < 4.78 is 5.32. The van der Waals surface area contributed by atoms with Crippen molar-refractivity contribution in [2.24, 2.45) is 17.8 Å². The van der Waals surface area contributed by atoms with Crippen LogP contribution in [0.5, 0.6) is 0 Å². The van der Waals surface area contributed by atoms with Crippen LogP contribution in [0.25, 0.3) is 0 Å². The van der Waals surface area contributed by atoms with E-state index in [0.717, 1.165) is 30.6 Å². The number of rotatable bonds is 4. The highest BCUT2D eigenvalue weighted by Crippen LogP contribution is 2.35. The summed E-state index contributed by atoms with van der Waals surface area (Å²) in [6.07, 6.45) is 5.78. The van der Waals surface area contributed by atoms with E-state index in [1.807, 2.05) is 20.8 Å². The van der Waals surface area contributed by atoms with Crippen molar-refractivity contribution in [3.05, 3.63) is 0 Å². The minimum atomic E-state index is -0.422. The van der Waals surface area contributed by atoms with Gasteiger partial charge in [-0.3, -0.25) is 0 Å². The fraction of sp³-hybridized carbons (Fsp3) is 0.947. The van der Waals surface area contributed by atoms with Crippen LogP contribution in [0.3, 0.4) is 0 Å². The Labute approximate surface area is 142 Å². The number of ether oxygens (including phenoxy) is 1. The van der Waals surface area contributed by atoms with Crippen LogP contribution in [0.1, 0.15) is 73.6 Å². The highest BCUT2D eigenvalue weighted by atomic mass is 16.6. The average molecular weight is 325 g/mol. The van der Waals surface area contributed by atoms with Gasteiger partial charge >= 0.3 is 6.09 Å². The average Bonchev–Trinajstić information content (AvgIpc) is 2.33. The lowest BCUT2D eigenvalue weighted by Crippen LogP contribution is -2.57. The van der Waals surface area contributed by atoms with E-state index < -0.39 is 5.60 Å². The minimum Gasteiger partial charge on any atom is -0.444 e. The molecule has 0 bridgehead atoms. The van der Waals surface area contributed by atoms with Gasteiger partial charge in [0.1, 0.15) is 5.60 Å². The molecule has 4 nitrogen and oxygen atoms in total. The number of nitrogens with one attached hydrogen (secondary N) is 2. The molecule has 0 aromatic carbocycles. The smallest absolute Gasteiger partial charge is 0.407 e. The Morgan fingerprint density at radius 2 is 1.74 bits per heavy atom. The molecule has 2 aliphatic carbocycles. The molecule has 1 amide bonds. The predicted molar refractivity (Wildman–Crippen MR) is 94.4 cm³/mol. The van der Waals surface area contributed by atoms with Gasteiger partial charge in [0, 0.05) is 18.1 Å². The van der Waals surface area contributed by atoms with Gasteiger partial charge in [-0.25, -0.2) is 4.79 Å². The molecular weight excluding hydrogens is 288 g/mol. The van der Waals surface area contributed by atoms with E-state index >= 15 is 0 Å². The predicted octanol–water partition coefficient (Wildman–Crippen LogP) is 4.09. The summed E-state index contributed by atoms with van der Waals surface area (Å²) in [7, 11) is 0. The normalized spacial score (nSPS) is 34.8. The van der Waals surface area contributed by atoms with Crippen molar-refractivity contribution in [1.29, 1.82) is 0 Å².